The summed E-state index contributed by atoms with van der Waals surface area (Å²) >= 11 is 0. The van der Waals surface area contributed by atoms with E-state index in [1.165, 1.54) is 33.5 Å². The molecule has 1 aromatic rings. The molecule has 0 heterocycles. The van der Waals surface area contributed by atoms with E-state index in [2.05, 4.69) is 5.32 Å². The smallest absolute Gasteiger partial charge is 0.340 e. The Balaban J connectivity index is 2.32. The second-order valence-corrected chi connectivity index (χ2v) is 5.34. The van der Waals surface area contributed by atoms with Crippen molar-refractivity contribution in [3.05, 3.63) is 17.7 Å². The lowest BCUT2D eigenvalue weighted by atomic mass is 9.73. The largest absolute Gasteiger partial charge is 0.550 e. The summed E-state index contributed by atoms with van der Waals surface area (Å²) < 4.78 is 15.0. The van der Waals surface area contributed by atoms with Crippen molar-refractivity contribution in [2.45, 2.75) is 12.8 Å². The maximum Gasteiger partial charge on any atom is 0.340 e. The van der Waals surface area contributed by atoms with Gasteiger partial charge in [0, 0.05) is 29.9 Å². The van der Waals surface area contributed by atoms with Crippen molar-refractivity contribution in [1.82, 2.24) is 0 Å². The molecule has 0 aliphatic heterocycles. The first-order valence-electron chi connectivity index (χ1n) is 7.29. The molecular formula is C16H18NO7-. The molecule has 0 spiro atoms. The number of amides is 1. The Kier molecular flexibility index (Phi) is 5.28. The fourth-order valence-electron chi connectivity index (χ4n) is 2.58. The van der Waals surface area contributed by atoms with Crippen LogP contribution in [0.3, 0.4) is 0 Å². The van der Waals surface area contributed by atoms with E-state index in [0.29, 0.717) is 24.3 Å². The highest BCUT2D eigenvalue weighted by Gasteiger charge is 2.37. The standard InChI is InChI=1S/C16H19NO7/c1-22-12-6-10(16(21)24-3)11(7-13(12)23-2)17-14(18)8-4-5-9(8)15(19)20/h6-9H,4-5H2,1-3H3,(H,17,18)(H,19,20)/p-1/t8-,9+/m0/s1. The van der Waals surface area contributed by atoms with E-state index < -0.39 is 29.7 Å². The van der Waals surface area contributed by atoms with Crippen LogP contribution in [0.15, 0.2) is 12.1 Å². The van der Waals surface area contributed by atoms with Gasteiger partial charge in [0.15, 0.2) is 11.5 Å². The number of carbonyl (C=O) groups excluding carboxylic acids is 3. The van der Waals surface area contributed by atoms with Gasteiger partial charge in [-0.2, -0.15) is 0 Å². The summed E-state index contributed by atoms with van der Waals surface area (Å²) in [6, 6.07) is 2.81. The number of hydrogen-bond donors (Lipinski definition) is 1. The molecule has 2 rings (SSSR count). The maximum atomic E-state index is 12.3. The summed E-state index contributed by atoms with van der Waals surface area (Å²) in [6.45, 7) is 0. The molecule has 8 nitrogen and oxygen atoms in total. The van der Waals surface area contributed by atoms with Gasteiger partial charge in [-0.15, -0.1) is 0 Å². The molecule has 1 saturated carbocycles. The van der Waals surface area contributed by atoms with Crippen molar-refractivity contribution < 1.29 is 33.7 Å². The van der Waals surface area contributed by atoms with Crippen molar-refractivity contribution in [2.24, 2.45) is 11.8 Å². The lowest BCUT2D eigenvalue weighted by molar-refractivity contribution is -0.316. The normalized spacial score (nSPS) is 19.0. The van der Waals surface area contributed by atoms with E-state index in [4.69, 9.17) is 14.2 Å². The number of hydrogen-bond acceptors (Lipinski definition) is 7. The van der Waals surface area contributed by atoms with Crippen LogP contribution in [0, 0.1) is 11.8 Å². The zero-order valence-electron chi connectivity index (χ0n) is 13.6. The van der Waals surface area contributed by atoms with Crippen LogP contribution in [-0.4, -0.2) is 39.2 Å². The number of carboxylic acid groups (broad SMARTS) is 1. The lowest BCUT2D eigenvalue weighted by Crippen LogP contribution is -2.46. The number of benzene rings is 1. The summed E-state index contributed by atoms with van der Waals surface area (Å²) in [5.41, 5.74) is 0.237. The highest BCUT2D eigenvalue weighted by Crippen LogP contribution is 2.37. The molecule has 0 radical (unpaired) electrons. The third-order valence-electron chi connectivity index (χ3n) is 4.10. The Morgan fingerprint density at radius 2 is 1.62 bits per heavy atom. The highest BCUT2D eigenvalue weighted by molar-refractivity contribution is 6.03. The molecule has 1 fully saturated rings. The van der Waals surface area contributed by atoms with Crippen molar-refractivity contribution >= 4 is 23.5 Å². The first kappa shape index (κ1) is 17.6. The number of esters is 1. The average molecular weight is 336 g/mol. The van der Waals surface area contributed by atoms with Gasteiger partial charge < -0.3 is 29.4 Å². The summed E-state index contributed by atoms with van der Waals surface area (Å²) in [7, 11) is 4.04. The summed E-state index contributed by atoms with van der Waals surface area (Å²) in [6.07, 6.45) is 0.849. The quantitative estimate of drug-likeness (QED) is 0.738. The van der Waals surface area contributed by atoms with Crippen molar-refractivity contribution in [2.75, 3.05) is 26.6 Å². The minimum atomic E-state index is -1.25. The van der Waals surface area contributed by atoms with Gasteiger partial charge in [0.2, 0.25) is 5.91 Å². The molecule has 1 aliphatic carbocycles. The maximum absolute atomic E-state index is 12.3. The number of carbonyl (C=O) groups is 3. The number of ether oxygens (including phenoxy) is 3. The van der Waals surface area contributed by atoms with E-state index in [1.807, 2.05) is 0 Å². The van der Waals surface area contributed by atoms with Crippen LogP contribution >= 0.6 is 0 Å². The molecule has 0 saturated heterocycles. The number of methoxy groups -OCH3 is 3. The van der Waals surface area contributed by atoms with Gasteiger partial charge in [-0.05, 0) is 12.8 Å². The second-order valence-electron chi connectivity index (χ2n) is 5.34. The molecule has 1 N–H and O–H groups in total. The van der Waals surface area contributed by atoms with Crippen molar-refractivity contribution in [3.63, 3.8) is 0 Å². The molecular weight excluding hydrogens is 318 g/mol. The number of aliphatic carboxylic acids is 1. The van der Waals surface area contributed by atoms with Crippen molar-refractivity contribution in [1.29, 1.82) is 0 Å². The Morgan fingerprint density at radius 1 is 1.04 bits per heavy atom. The third-order valence-corrected chi connectivity index (χ3v) is 4.10. The van der Waals surface area contributed by atoms with Crippen LogP contribution in [0.5, 0.6) is 11.5 Å². The van der Waals surface area contributed by atoms with Gasteiger partial charge in [-0.1, -0.05) is 0 Å². The predicted octanol–water partition coefficient (Wildman–Crippen LogP) is 0.205. The van der Waals surface area contributed by atoms with Crippen LogP contribution < -0.4 is 19.9 Å². The van der Waals surface area contributed by atoms with Gasteiger partial charge in [-0.3, -0.25) is 4.79 Å². The van der Waals surface area contributed by atoms with E-state index in [0.717, 1.165) is 0 Å². The molecule has 8 heteroatoms. The predicted molar refractivity (Wildman–Crippen MR) is 80.7 cm³/mol. The van der Waals surface area contributed by atoms with E-state index in [1.54, 1.807) is 0 Å². The molecule has 24 heavy (non-hydrogen) atoms. The monoisotopic (exact) mass is 336 g/mol. The molecule has 0 unspecified atom stereocenters. The van der Waals surface area contributed by atoms with Crippen LogP contribution in [-0.2, 0) is 14.3 Å². The van der Waals surface area contributed by atoms with E-state index in [9.17, 15) is 19.5 Å². The minimum absolute atomic E-state index is 0.0767. The average Bonchev–Trinajstić information content (AvgIpc) is 2.51. The zero-order valence-corrected chi connectivity index (χ0v) is 13.6. The topological polar surface area (TPSA) is 114 Å². The van der Waals surface area contributed by atoms with Crippen LogP contribution in [0.25, 0.3) is 0 Å². The first-order chi connectivity index (χ1) is 11.4. The van der Waals surface area contributed by atoms with Gasteiger partial charge in [0.1, 0.15) is 0 Å². The molecule has 2 atom stereocenters. The zero-order chi connectivity index (χ0) is 17.9. The molecule has 1 aliphatic rings. The minimum Gasteiger partial charge on any atom is -0.550 e. The summed E-state index contributed by atoms with van der Waals surface area (Å²) in [5, 5.41) is 13.5. The van der Waals surface area contributed by atoms with Gasteiger partial charge >= 0.3 is 5.97 Å². The summed E-state index contributed by atoms with van der Waals surface area (Å²) in [4.78, 5) is 35.2. The molecule has 1 amide bonds. The number of nitrogens with one attached hydrogen (secondary N) is 1. The summed E-state index contributed by atoms with van der Waals surface area (Å²) in [5.74, 6) is -3.30. The van der Waals surface area contributed by atoms with Crippen LogP contribution in [0.1, 0.15) is 23.2 Å². The fraction of sp³-hybridized carbons (Fsp3) is 0.438. The molecule has 1 aromatic carbocycles. The second kappa shape index (κ2) is 7.20. The lowest BCUT2D eigenvalue weighted by Gasteiger charge is -2.36. The first-order valence-corrected chi connectivity index (χ1v) is 7.29. The SMILES string of the molecule is COC(=O)c1cc(OC)c(OC)cc1NC(=O)[C@H]1CC[C@H]1C(=O)[O-]. The van der Waals surface area contributed by atoms with E-state index in [-0.39, 0.29) is 11.3 Å². The Morgan fingerprint density at radius 3 is 2.08 bits per heavy atom. The Bertz CT molecular complexity index is 671. The third kappa shape index (κ3) is 3.27. The molecule has 0 bridgehead atoms. The molecule has 130 valence electrons. The Labute approximate surface area is 138 Å². The van der Waals surface area contributed by atoms with Crippen LogP contribution in [0.2, 0.25) is 0 Å². The number of anilines is 1. The van der Waals surface area contributed by atoms with Gasteiger partial charge in [0.05, 0.1) is 32.6 Å². The molecule has 0 aromatic heterocycles. The van der Waals surface area contributed by atoms with Gasteiger partial charge in [-0.25, -0.2) is 4.79 Å². The van der Waals surface area contributed by atoms with Crippen molar-refractivity contribution in [3.8, 4) is 11.5 Å². The van der Waals surface area contributed by atoms with Crippen LogP contribution in [0.4, 0.5) is 5.69 Å². The fourth-order valence-corrected chi connectivity index (χ4v) is 2.58. The van der Waals surface area contributed by atoms with Gasteiger partial charge in [0.25, 0.3) is 0 Å². The number of rotatable bonds is 6. The van der Waals surface area contributed by atoms with E-state index >= 15 is 0 Å². The highest BCUT2D eigenvalue weighted by atomic mass is 16.5. The Hall–Kier alpha value is -2.77. The number of carboxylic acids is 1.